The predicted molar refractivity (Wildman–Crippen MR) is 198 cm³/mol. The maximum Gasteiger partial charge on any atom is 0.469 e. The number of ether oxygens (including phenoxy) is 2. The van der Waals surface area contributed by atoms with E-state index >= 15 is 0 Å². The van der Waals surface area contributed by atoms with Gasteiger partial charge in [0, 0.05) is 19.3 Å². The van der Waals surface area contributed by atoms with E-state index in [1.807, 2.05) is 6.08 Å². The van der Waals surface area contributed by atoms with Crippen LogP contribution in [0.15, 0.2) is 48.6 Å². The van der Waals surface area contributed by atoms with Gasteiger partial charge in [-0.3, -0.25) is 18.9 Å². The molecule has 1 atom stereocenters. The monoisotopic (exact) mass is 710 g/mol. The second kappa shape index (κ2) is 34.1. The number of esters is 2. The highest BCUT2D eigenvalue weighted by Gasteiger charge is 2.22. The summed E-state index contributed by atoms with van der Waals surface area (Å²) in [6, 6.07) is 0. The van der Waals surface area contributed by atoms with E-state index in [-0.39, 0.29) is 25.2 Å². The Labute approximate surface area is 297 Å². The minimum absolute atomic E-state index is 0.108. The van der Waals surface area contributed by atoms with E-state index < -0.39 is 32.5 Å². The standard InChI is InChI=1S/C39H67O9P/c1-3-5-7-9-11-12-13-14-15-16-17-18-20-24-28-32-38(41)46-34-37(35-47-49(43,44)45)48-39(42)33-29-25-21-23-27-31-36(40)30-26-22-19-10-8-6-4-2/h11-12,14-15,19,22,26,30,37H,3-10,13,16-18,20-21,23-25,27-29,31-35H2,1-2H3,(H2,43,44,45)/b12-11-,15-14-,22-19-,30-26+/t37-/m1/s1. The zero-order valence-corrected chi connectivity index (χ0v) is 31.5. The summed E-state index contributed by atoms with van der Waals surface area (Å²) in [5.41, 5.74) is 0. The van der Waals surface area contributed by atoms with Crippen LogP contribution in [0.3, 0.4) is 0 Å². The molecule has 0 amide bonds. The highest BCUT2D eigenvalue weighted by Crippen LogP contribution is 2.36. The molecule has 9 nitrogen and oxygen atoms in total. The summed E-state index contributed by atoms with van der Waals surface area (Å²) in [6.45, 7) is 3.48. The number of rotatable bonds is 34. The molecule has 0 spiro atoms. The van der Waals surface area contributed by atoms with E-state index in [0.29, 0.717) is 19.3 Å². The molecule has 0 aromatic carbocycles. The third-order valence-corrected chi connectivity index (χ3v) is 8.28. The van der Waals surface area contributed by atoms with E-state index in [9.17, 15) is 18.9 Å². The number of carbonyl (C=O) groups excluding carboxylic acids is 3. The van der Waals surface area contributed by atoms with Crippen molar-refractivity contribution in [3.8, 4) is 0 Å². The second-order valence-corrected chi connectivity index (χ2v) is 13.8. The Morgan fingerprint density at radius 2 is 1.10 bits per heavy atom. The SMILES string of the molecule is CCCCC/C=C\C=C\C(=O)CCCCCCCC(=O)O[C@H](COC(=O)CCCCCCC/C=C\C/C=C\CCCCC)COP(=O)(O)O. The van der Waals surface area contributed by atoms with Crippen molar-refractivity contribution in [3.05, 3.63) is 48.6 Å². The lowest BCUT2D eigenvalue weighted by Crippen LogP contribution is -2.29. The van der Waals surface area contributed by atoms with Crippen LogP contribution in [-0.4, -0.2) is 46.8 Å². The number of phosphoric acid groups is 1. The molecule has 10 heteroatoms. The van der Waals surface area contributed by atoms with Crippen LogP contribution in [0.4, 0.5) is 0 Å². The Morgan fingerprint density at radius 1 is 0.592 bits per heavy atom. The van der Waals surface area contributed by atoms with Gasteiger partial charge in [-0.25, -0.2) is 4.57 Å². The Kier molecular flexibility index (Phi) is 32.5. The first-order chi connectivity index (χ1) is 23.7. The Balaban J connectivity index is 4.10. The van der Waals surface area contributed by atoms with Crippen LogP contribution < -0.4 is 0 Å². The highest BCUT2D eigenvalue weighted by molar-refractivity contribution is 7.46. The van der Waals surface area contributed by atoms with Crippen LogP contribution in [0.1, 0.15) is 162 Å². The van der Waals surface area contributed by atoms with Crippen LogP contribution in [0, 0.1) is 0 Å². The second-order valence-electron chi connectivity index (χ2n) is 12.6. The molecule has 0 heterocycles. The summed E-state index contributed by atoms with van der Waals surface area (Å²) in [4.78, 5) is 54.6. The van der Waals surface area contributed by atoms with Crippen molar-refractivity contribution >= 4 is 25.5 Å². The molecule has 0 saturated carbocycles. The fourth-order valence-electron chi connectivity index (χ4n) is 4.91. The Hall–Kier alpha value is -2.32. The molecule has 0 rings (SSSR count). The van der Waals surface area contributed by atoms with Crippen LogP contribution in [0.2, 0.25) is 0 Å². The van der Waals surface area contributed by atoms with Crippen molar-refractivity contribution in [3.63, 3.8) is 0 Å². The average molecular weight is 711 g/mol. The Morgan fingerprint density at radius 3 is 1.69 bits per heavy atom. The van der Waals surface area contributed by atoms with Crippen LogP contribution in [0.25, 0.3) is 0 Å². The van der Waals surface area contributed by atoms with E-state index in [0.717, 1.165) is 77.0 Å². The van der Waals surface area contributed by atoms with Crippen molar-refractivity contribution in [2.75, 3.05) is 13.2 Å². The van der Waals surface area contributed by atoms with Crippen molar-refractivity contribution in [1.82, 2.24) is 0 Å². The maximum absolute atomic E-state index is 12.4. The zero-order valence-electron chi connectivity index (χ0n) is 30.6. The van der Waals surface area contributed by atoms with E-state index in [1.54, 1.807) is 12.2 Å². The minimum atomic E-state index is -4.79. The van der Waals surface area contributed by atoms with Crippen LogP contribution >= 0.6 is 7.82 Å². The molecule has 2 N–H and O–H groups in total. The lowest BCUT2D eigenvalue weighted by atomic mass is 10.1. The first kappa shape index (κ1) is 46.7. The summed E-state index contributed by atoms with van der Waals surface area (Å²) in [7, 11) is -4.79. The molecule has 0 aliphatic carbocycles. The number of unbranched alkanes of at least 4 members (excludes halogenated alkanes) is 15. The van der Waals surface area contributed by atoms with Crippen LogP contribution in [0.5, 0.6) is 0 Å². The summed E-state index contributed by atoms with van der Waals surface area (Å²) in [6.07, 6.45) is 36.5. The molecule has 0 fully saturated rings. The summed E-state index contributed by atoms with van der Waals surface area (Å²) in [5.74, 6) is -0.889. The molecular weight excluding hydrogens is 643 g/mol. The lowest BCUT2D eigenvalue weighted by Gasteiger charge is -2.18. The molecule has 0 bridgehead atoms. The molecule has 0 aliphatic heterocycles. The molecule has 0 unspecified atom stereocenters. The van der Waals surface area contributed by atoms with Gasteiger partial charge in [0.05, 0.1) is 6.61 Å². The van der Waals surface area contributed by atoms with E-state index in [4.69, 9.17) is 19.3 Å². The van der Waals surface area contributed by atoms with Crippen molar-refractivity contribution in [1.29, 1.82) is 0 Å². The van der Waals surface area contributed by atoms with E-state index in [2.05, 4.69) is 48.8 Å². The number of carbonyl (C=O) groups is 3. The largest absolute Gasteiger partial charge is 0.469 e. The molecule has 0 aromatic rings. The lowest BCUT2D eigenvalue weighted by molar-refractivity contribution is -0.161. The fraction of sp³-hybridized carbons (Fsp3) is 0.718. The number of hydrogen-bond acceptors (Lipinski definition) is 7. The predicted octanol–water partition coefficient (Wildman–Crippen LogP) is 10.4. The summed E-state index contributed by atoms with van der Waals surface area (Å²) < 4.78 is 26.2. The number of hydrogen-bond donors (Lipinski definition) is 2. The number of ketones is 1. The summed E-state index contributed by atoms with van der Waals surface area (Å²) >= 11 is 0. The molecule has 0 saturated heterocycles. The van der Waals surface area contributed by atoms with Gasteiger partial charge in [-0.05, 0) is 70.3 Å². The Bertz CT molecular complexity index is 996. The maximum atomic E-state index is 12.4. The zero-order chi connectivity index (χ0) is 36.3. The molecule has 0 aromatic heterocycles. The van der Waals surface area contributed by atoms with Gasteiger partial charge >= 0.3 is 19.8 Å². The van der Waals surface area contributed by atoms with Gasteiger partial charge in [-0.1, -0.05) is 121 Å². The highest BCUT2D eigenvalue weighted by atomic mass is 31.2. The topological polar surface area (TPSA) is 136 Å². The molecular formula is C39H67O9P. The number of phosphoric ester groups is 1. The van der Waals surface area contributed by atoms with Gasteiger partial charge in [0.1, 0.15) is 6.61 Å². The minimum Gasteiger partial charge on any atom is -0.462 e. The van der Waals surface area contributed by atoms with Crippen molar-refractivity contribution in [2.45, 2.75) is 168 Å². The third kappa shape index (κ3) is 36.8. The molecule has 282 valence electrons. The quantitative estimate of drug-likeness (QED) is 0.0167. The number of allylic oxidation sites excluding steroid dienone is 8. The normalized spacial score (nSPS) is 12.9. The first-order valence-electron chi connectivity index (χ1n) is 18.9. The average Bonchev–Trinajstić information content (AvgIpc) is 3.06. The van der Waals surface area contributed by atoms with Crippen molar-refractivity contribution < 1.29 is 42.7 Å². The third-order valence-electron chi connectivity index (χ3n) is 7.80. The fourth-order valence-corrected chi connectivity index (χ4v) is 5.27. The molecule has 49 heavy (non-hydrogen) atoms. The van der Waals surface area contributed by atoms with Gasteiger partial charge in [-0.15, -0.1) is 0 Å². The van der Waals surface area contributed by atoms with Gasteiger partial charge in [0.15, 0.2) is 11.9 Å². The summed E-state index contributed by atoms with van der Waals surface area (Å²) in [5, 5.41) is 0. The molecule has 0 radical (unpaired) electrons. The van der Waals surface area contributed by atoms with Crippen molar-refractivity contribution in [2.24, 2.45) is 0 Å². The van der Waals surface area contributed by atoms with Gasteiger partial charge < -0.3 is 19.3 Å². The van der Waals surface area contributed by atoms with Gasteiger partial charge in [-0.2, -0.15) is 0 Å². The smallest absolute Gasteiger partial charge is 0.462 e. The molecule has 0 aliphatic rings. The van der Waals surface area contributed by atoms with E-state index in [1.165, 1.54) is 38.5 Å². The van der Waals surface area contributed by atoms with Gasteiger partial charge in [0.2, 0.25) is 0 Å². The van der Waals surface area contributed by atoms with Gasteiger partial charge in [0.25, 0.3) is 0 Å². The first-order valence-corrected chi connectivity index (χ1v) is 20.4. The van der Waals surface area contributed by atoms with Crippen LogP contribution in [-0.2, 0) is 32.9 Å².